The van der Waals surface area contributed by atoms with Crippen molar-refractivity contribution in [2.45, 2.75) is 6.92 Å². The second-order valence-electron chi connectivity index (χ2n) is 4.52. The van der Waals surface area contributed by atoms with Crippen LogP contribution in [0.2, 0.25) is 0 Å². The number of aliphatic carboxylic acids is 1. The smallest absolute Gasteiger partial charge is 0.310 e. The number of rotatable bonds is 2. The average Bonchev–Trinajstić information content (AvgIpc) is 2.47. The Morgan fingerprint density at radius 3 is 2.47 bits per heavy atom. The molecular weight excluding hydrogens is 196 g/mol. The van der Waals surface area contributed by atoms with Gasteiger partial charge in [0.2, 0.25) is 5.91 Å². The van der Waals surface area contributed by atoms with Crippen molar-refractivity contribution in [1.29, 1.82) is 0 Å². The Kier molecular flexibility index (Phi) is 2.65. The molecule has 0 aromatic carbocycles. The van der Waals surface area contributed by atoms with E-state index in [2.05, 4.69) is 12.2 Å². The summed E-state index contributed by atoms with van der Waals surface area (Å²) < 4.78 is 0. The van der Waals surface area contributed by atoms with Crippen LogP contribution in [0, 0.1) is 17.8 Å². The minimum Gasteiger partial charge on any atom is -0.481 e. The normalized spacial score (nSPS) is 31.4. The molecule has 0 radical (unpaired) electrons. The van der Waals surface area contributed by atoms with Crippen molar-refractivity contribution in [1.82, 2.24) is 10.2 Å². The number of nitrogens with zero attached hydrogens (tertiary/aromatic N) is 1. The first-order chi connectivity index (χ1) is 7.09. The van der Waals surface area contributed by atoms with Crippen LogP contribution in [-0.2, 0) is 9.59 Å². The minimum absolute atomic E-state index is 0.0414. The summed E-state index contributed by atoms with van der Waals surface area (Å²) in [5.74, 6) is -0.624. The fourth-order valence-electron chi connectivity index (χ4n) is 2.19. The van der Waals surface area contributed by atoms with Crippen LogP contribution in [-0.4, -0.2) is 48.1 Å². The molecular formula is C10H16N2O3. The van der Waals surface area contributed by atoms with Crippen molar-refractivity contribution in [2.75, 3.05) is 26.2 Å². The number of carbonyl (C=O) groups excluding carboxylic acids is 1. The molecule has 84 valence electrons. The van der Waals surface area contributed by atoms with Gasteiger partial charge in [0.15, 0.2) is 0 Å². The Balaban J connectivity index is 1.86. The lowest BCUT2D eigenvalue weighted by Crippen LogP contribution is -2.55. The molecule has 0 spiro atoms. The van der Waals surface area contributed by atoms with Crippen LogP contribution in [0.15, 0.2) is 0 Å². The summed E-state index contributed by atoms with van der Waals surface area (Å²) in [4.78, 5) is 24.1. The summed E-state index contributed by atoms with van der Waals surface area (Å²) in [5.41, 5.74) is 0. The summed E-state index contributed by atoms with van der Waals surface area (Å²) in [7, 11) is 0. The van der Waals surface area contributed by atoms with Gasteiger partial charge in [-0.25, -0.2) is 0 Å². The molecule has 2 N–H and O–H groups in total. The molecule has 15 heavy (non-hydrogen) atoms. The molecule has 2 aliphatic rings. The van der Waals surface area contributed by atoms with Crippen LogP contribution in [0.3, 0.4) is 0 Å². The standard InChI is InChI=1S/C10H16N2O3/c1-6-2-11-3-8(6)9(13)12-4-7(5-12)10(14)15/h6-8,11H,2-5H2,1H3,(H,14,15)/t6-,8-/m1/s1. The van der Waals surface area contributed by atoms with Gasteiger partial charge in [-0.2, -0.15) is 0 Å². The van der Waals surface area contributed by atoms with Crippen LogP contribution in [0.25, 0.3) is 0 Å². The Morgan fingerprint density at radius 1 is 1.33 bits per heavy atom. The molecule has 0 saturated carbocycles. The van der Waals surface area contributed by atoms with Crippen LogP contribution in [0.1, 0.15) is 6.92 Å². The zero-order chi connectivity index (χ0) is 11.0. The molecule has 0 unspecified atom stereocenters. The van der Waals surface area contributed by atoms with Gasteiger partial charge in [0.1, 0.15) is 0 Å². The number of amides is 1. The number of likely N-dealkylation sites (tertiary alicyclic amines) is 1. The van der Waals surface area contributed by atoms with E-state index in [0.29, 0.717) is 19.0 Å². The van der Waals surface area contributed by atoms with Crippen molar-refractivity contribution in [3.8, 4) is 0 Å². The molecule has 2 heterocycles. The van der Waals surface area contributed by atoms with Crippen LogP contribution in [0.4, 0.5) is 0 Å². The molecule has 1 amide bonds. The van der Waals surface area contributed by atoms with E-state index < -0.39 is 5.97 Å². The minimum atomic E-state index is -0.795. The maximum atomic E-state index is 11.9. The van der Waals surface area contributed by atoms with Crippen molar-refractivity contribution in [3.63, 3.8) is 0 Å². The largest absolute Gasteiger partial charge is 0.481 e. The Labute approximate surface area is 88.4 Å². The van der Waals surface area contributed by atoms with E-state index in [4.69, 9.17) is 5.11 Å². The predicted octanol–water partition coefficient (Wildman–Crippen LogP) is -0.615. The van der Waals surface area contributed by atoms with Gasteiger partial charge < -0.3 is 15.3 Å². The Hall–Kier alpha value is -1.10. The van der Waals surface area contributed by atoms with Crippen LogP contribution in [0.5, 0.6) is 0 Å². The lowest BCUT2D eigenvalue weighted by atomic mass is 9.92. The van der Waals surface area contributed by atoms with Crippen molar-refractivity contribution in [2.24, 2.45) is 17.8 Å². The second kappa shape index (κ2) is 3.81. The molecule has 0 bridgehead atoms. The van der Waals surface area contributed by atoms with Gasteiger partial charge in [-0.1, -0.05) is 6.92 Å². The SMILES string of the molecule is C[C@@H]1CNC[C@H]1C(=O)N1CC(C(=O)O)C1. The van der Waals surface area contributed by atoms with Gasteiger partial charge in [0.05, 0.1) is 11.8 Å². The topological polar surface area (TPSA) is 69.6 Å². The quantitative estimate of drug-likeness (QED) is 0.640. The van der Waals surface area contributed by atoms with E-state index in [1.54, 1.807) is 4.90 Å². The van der Waals surface area contributed by atoms with Crippen molar-refractivity contribution in [3.05, 3.63) is 0 Å². The molecule has 5 nitrogen and oxygen atoms in total. The van der Waals surface area contributed by atoms with Gasteiger partial charge in [-0.3, -0.25) is 9.59 Å². The summed E-state index contributed by atoms with van der Waals surface area (Å²) >= 11 is 0. The molecule has 2 aliphatic heterocycles. The van der Waals surface area contributed by atoms with Crippen LogP contribution < -0.4 is 5.32 Å². The molecule has 0 aromatic heterocycles. The summed E-state index contributed by atoms with van der Waals surface area (Å²) in [6.07, 6.45) is 0. The number of carboxylic acids is 1. The maximum Gasteiger partial charge on any atom is 0.310 e. The maximum absolute atomic E-state index is 11.9. The number of nitrogens with one attached hydrogen (secondary N) is 1. The van der Waals surface area contributed by atoms with E-state index in [9.17, 15) is 9.59 Å². The molecule has 2 atom stereocenters. The first kappa shape index (κ1) is 10.4. The lowest BCUT2D eigenvalue weighted by molar-refractivity contribution is -0.154. The van der Waals surface area contributed by atoms with Crippen LogP contribution >= 0.6 is 0 Å². The van der Waals surface area contributed by atoms with Gasteiger partial charge in [0, 0.05) is 19.6 Å². The average molecular weight is 212 g/mol. The zero-order valence-electron chi connectivity index (χ0n) is 8.77. The second-order valence-corrected chi connectivity index (χ2v) is 4.52. The molecule has 5 heteroatoms. The molecule has 2 saturated heterocycles. The lowest BCUT2D eigenvalue weighted by Gasteiger charge is -2.38. The van der Waals surface area contributed by atoms with Gasteiger partial charge in [-0.15, -0.1) is 0 Å². The third-order valence-corrected chi connectivity index (χ3v) is 3.38. The number of carbonyl (C=O) groups is 2. The molecule has 2 fully saturated rings. The summed E-state index contributed by atoms with van der Waals surface area (Å²) in [6, 6.07) is 0. The highest BCUT2D eigenvalue weighted by molar-refractivity contribution is 5.83. The third kappa shape index (κ3) is 1.84. The monoisotopic (exact) mass is 212 g/mol. The van der Waals surface area contributed by atoms with Crippen molar-refractivity contribution >= 4 is 11.9 Å². The van der Waals surface area contributed by atoms with Gasteiger partial charge in [-0.05, 0) is 12.5 Å². The summed E-state index contributed by atoms with van der Waals surface area (Å²) in [6.45, 7) is 4.44. The van der Waals surface area contributed by atoms with E-state index in [0.717, 1.165) is 13.1 Å². The number of hydrogen-bond acceptors (Lipinski definition) is 3. The van der Waals surface area contributed by atoms with Gasteiger partial charge in [0.25, 0.3) is 0 Å². The highest BCUT2D eigenvalue weighted by atomic mass is 16.4. The van der Waals surface area contributed by atoms with E-state index in [-0.39, 0.29) is 17.7 Å². The van der Waals surface area contributed by atoms with E-state index in [1.807, 2.05) is 0 Å². The fourth-order valence-corrected chi connectivity index (χ4v) is 2.19. The predicted molar refractivity (Wildman–Crippen MR) is 53.2 cm³/mol. The van der Waals surface area contributed by atoms with Crippen molar-refractivity contribution < 1.29 is 14.7 Å². The molecule has 2 rings (SSSR count). The number of hydrogen-bond donors (Lipinski definition) is 2. The zero-order valence-corrected chi connectivity index (χ0v) is 8.77. The Morgan fingerprint density at radius 2 is 2.00 bits per heavy atom. The van der Waals surface area contributed by atoms with E-state index >= 15 is 0 Å². The summed E-state index contributed by atoms with van der Waals surface area (Å²) in [5, 5.41) is 11.9. The van der Waals surface area contributed by atoms with E-state index in [1.165, 1.54) is 0 Å². The highest BCUT2D eigenvalue weighted by Gasteiger charge is 2.40. The first-order valence-corrected chi connectivity index (χ1v) is 5.32. The molecule has 0 aromatic rings. The third-order valence-electron chi connectivity index (χ3n) is 3.38. The highest BCUT2D eigenvalue weighted by Crippen LogP contribution is 2.24. The number of carboxylic acid groups (broad SMARTS) is 1. The molecule has 0 aliphatic carbocycles. The van der Waals surface area contributed by atoms with Gasteiger partial charge >= 0.3 is 5.97 Å². The first-order valence-electron chi connectivity index (χ1n) is 5.32. The Bertz CT molecular complexity index is 286. The fraction of sp³-hybridized carbons (Fsp3) is 0.800.